The van der Waals surface area contributed by atoms with Gasteiger partial charge in [-0.15, -0.1) is 0 Å². The zero-order chi connectivity index (χ0) is 15.0. The molecule has 0 aliphatic heterocycles. The van der Waals surface area contributed by atoms with Crippen molar-refractivity contribution < 1.29 is 9.90 Å². The first-order chi connectivity index (χ1) is 9.65. The largest absolute Gasteiger partial charge is 0.394 e. The lowest BCUT2D eigenvalue weighted by Gasteiger charge is -2.35. The monoisotopic (exact) mass is 284 g/mol. The van der Waals surface area contributed by atoms with E-state index in [9.17, 15) is 9.90 Å². The minimum Gasteiger partial charge on any atom is -0.394 e. The Labute approximate surface area is 124 Å². The smallest absolute Gasteiger partial charge is 0.242 e. The van der Waals surface area contributed by atoms with Crippen LogP contribution in [0.1, 0.15) is 58.8 Å². The standard InChI is InChI=1S/C16H32N2O2/c1-4-18(5-2)15(13-19)16(20)17(3)14-11-9-7-6-8-10-12-14/h14-15,19H,4-13H2,1-3H3. The summed E-state index contributed by atoms with van der Waals surface area (Å²) in [4.78, 5) is 16.6. The van der Waals surface area contributed by atoms with Crippen LogP contribution in [0.25, 0.3) is 0 Å². The van der Waals surface area contributed by atoms with E-state index in [0.29, 0.717) is 6.04 Å². The molecule has 1 saturated carbocycles. The van der Waals surface area contributed by atoms with Crippen LogP contribution < -0.4 is 0 Å². The van der Waals surface area contributed by atoms with Gasteiger partial charge in [0.1, 0.15) is 6.04 Å². The molecule has 1 aliphatic rings. The molecule has 20 heavy (non-hydrogen) atoms. The first-order valence-electron chi connectivity index (χ1n) is 8.27. The van der Waals surface area contributed by atoms with Crippen LogP contribution in [-0.2, 0) is 4.79 Å². The summed E-state index contributed by atoms with van der Waals surface area (Å²) in [6.45, 7) is 5.58. The Morgan fingerprint density at radius 2 is 1.60 bits per heavy atom. The molecular formula is C16H32N2O2. The Balaban J connectivity index is 2.66. The van der Waals surface area contributed by atoms with Gasteiger partial charge >= 0.3 is 0 Å². The molecule has 1 rings (SSSR count). The van der Waals surface area contributed by atoms with Gasteiger partial charge in [-0.2, -0.15) is 0 Å². The topological polar surface area (TPSA) is 43.8 Å². The molecule has 0 aromatic rings. The summed E-state index contributed by atoms with van der Waals surface area (Å²) < 4.78 is 0. The molecule has 1 amide bonds. The van der Waals surface area contributed by atoms with E-state index in [1.54, 1.807) is 0 Å². The molecule has 0 saturated heterocycles. The highest BCUT2D eigenvalue weighted by Gasteiger charge is 2.29. The van der Waals surface area contributed by atoms with E-state index < -0.39 is 0 Å². The Morgan fingerprint density at radius 1 is 1.10 bits per heavy atom. The molecule has 0 spiro atoms. The Bertz CT molecular complexity index is 272. The quantitative estimate of drug-likeness (QED) is 0.813. The summed E-state index contributed by atoms with van der Waals surface area (Å²) in [6.07, 6.45) is 8.57. The van der Waals surface area contributed by atoms with Crippen molar-refractivity contribution in [2.45, 2.75) is 70.9 Å². The summed E-state index contributed by atoms with van der Waals surface area (Å²) in [5.74, 6) is 0.0850. The fourth-order valence-corrected chi connectivity index (χ4v) is 3.25. The van der Waals surface area contributed by atoms with Gasteiger partial charge in [0, 0.05) is 13.1 Å². The van der Waals surface area contributed by atoms with Gasteiger partial charge in [0.15, 0.2) is 0 Å². The summed E-state index contributed by atoms with van der Waals surface area (Å²) in [6, 6.07) is -0.0205. The van der Waals surface area contributed by atoms with Gasteiger partial charge in [0.2, 0.25) is 5.91 Å². The SMILES string of the molecule is CCN(CC)C(CO)C(=O)N(C)C1CCCCCCC1. The van der Waals surface area contributed by atoms with Crippen molar-refractivity contribution in [1.29, 1.82) is 0 Å². The molecule has 0 radical (unpaired) electrons. The highest BCUT2D eigenvalue weighted by molar-refractivity contribution is 5.82. The van der Waals surface area contributed by atoms with Crippen LogP contribution in [0, 0.1) is 0 Å². The second kappa shape index (κ2) is 9.35. The van der Waals surface area contributed by atoms with Crippen molar-refractivity contribution in [2.24, 2.45) is 0 Å². The van der Waals surface area contributed by atoms with Crippen molar-refractivity contribution in [1.82, 2.24) is 9.80 Å². The van der Waals surface area contributed by atoms with Crippen LogP contribution >= 0.6 is 0 Å². The van der Waals surface area contributed by atoms with Crippen molar-refractivity contribution in [3.8, 4) is 0 Å². The van der Waals surface area contributed by atoms with Crippen LogP contribution in [0.15, 0.2) is 0 Å². The normalized spacial score (nSPS) is 19.4. The number of carbonyl (C=O) groups is 1. The molecule has 1 unspecified atom stereocenters. The van der Waals surface area contributed by atoms with Gasteiger partial charge in [0.05, 0.1) is 6.61 Å². The Kier molecular flexibility index (Phi) is 8.15. The molecule has 0 aromatic heterocycles. The van der Waals surface area contributed by atoms with Crippen molar-refractivity contribution in [2.75, 3.05) is 26.7 Å². The number of hydrogen-bond donors (Lipinski definition) is 1. The van der Waals surface area contributed by atoms with Crippen molar-refractivity contribution in [3.05, 3.63) is 0 Å². The first-order valence-corrected chi connectivity index (χ1v) is 8.27. The molecule has 1 aliphatic carbocycles. The maximum Gasteiger partial charge on any atom is 0.242 e. The van der Waals surface area contributed by atoms with Crippen LogP contribution in [0.3, 0.4) is 0 Å². The fourth-order valence-electron chi connectivity index (χ4n) is 3.25. The number of aliphatic hydroxyl groups is 1. The minimum absolute atomic E-state index is 0.0850. The minimum atomic E-state index is -0.375. The number of hydrogen-bond acceptors (Lipinski definition) is 3. The van der Waals surface area contributed by atoms with Gasteiger partial charge in [-0.3, -0.25) is 9.69 Å². The number of amides is 1. The fraction of sp³-hybridized carbons (Fsp3) is 0.938. The predicted molar refractivity (Wildman–Crippen MR) is 82.7 cm³/mol. The Morgan fingerprint density at radius 3 is 2.05 bits per heavy atom. The number of rotatable bonds is 6. The van der Waals surface area contributed by atoms with Gasteiger partial charge in [0.25, 0.3) is 0 Å². The van der Waals surface area contributed by atoms with E-state index in [2.05, 4.69) is 0 Å². The summed E-state index contributed by atoms with van der Waals surface area (Å²) in [7, 11) is 1.92. The molecule has 1 fully saturated rings. The highest BCUT2D eigenvalue weighted by atomic mass is 16.3. The number of carbonyl (C=O) groups excluding carboxylic acids is 1. The summed E-state index contributed by atoms with van der Waals surface area (Å²) in [5.41, 5.74) is 0. The lowest BCUT2D eigenvalue weighted by Crippen LogP contribution is -2.52. The summed E-state index contributed by atoms with van der Waals surface area (Å²) >= 11 is 0. The second-order valence-electron chi connectivity index (χ2n) is 5.87. The molecule has 0 aromatic carbocycles. The maximum atomic E-state index is 12.7. The lowest BCUT2D eigenvalue weighted by molar-refractivity contribution is -0.139. The van der Waals surface area contributed by atoms with Gasteiger partial charge < -0.3 is 10.0 Å². The average molecular weight is 284 g/mol. The highest BCUT2D eigenvalue weighted by Crippen LogP contribution is 2.21. The van der Waals surface area contributed by atoms with Crippen molar-refractivity contribution in [3.63, 3.8) is 0 Å². The van der Waals surface area contributed by atoms with Crippen LogP contribution in [-0.4, -0.2) is 59.6 Å². The maximum absolute atomic E-state index is 12.7. The van der Waals surface area contributed by atoms with E-state index in [1.807, 2.05) is 30.7 Å². The number of nitrogens with zero attached hydrogens (tertiary/aromatic N) is 2. The molecule has 1 atom stereocenters. The predicted octanol–water partition coefficient (Wildman–Crippen LogP) is 2.26. The van der Waals surface area contributed by atoms with E-state index in [0.717, 1.165) is 25.9 Å². The second-order valence-corrected chi connectivity index (χ2v) is 5.87. The summed E-state index contributed by atoms with van der Waals surface area (Å²) in [5, 5.41) is 9.59. The average Bonchev–Trinajstić information content (AvgIpc) is 2.43. The van der Waals surface area contributed by atoms with E-state index in [-0.39, 0.29) is 18.6 Å². The molecular weight excluding hydrogens is 252 g/mol. The van der Waals surface area contributed by atoms with Gasteiger partial charge in [-0.05, 0) is 25.9 Å². The third-order valence-electron chi connectivity index (χ3n) is 4.68. The van der Waals surface area contributed by atoms with Crippen LogP contribution in [0.4, 0.5) is 0 Å². The van der Waals surface area contributed by atoms with Crippen LogP contribution in [0.5, 0.6) is 0 Å². The van der Waals surface area contributed by atoms with Gasteiger partial charge in [-0.25, -0.2) is 0 Å². The third-order valence-corrected chi connectivity index (χ3v) is 4.68. The van der Waals surface area contributed by atoms with E-state index in [1.165, 1.54) is 32.1 Å². The van der Waals surface area contributed by atoms with Gasteiger partial charge in [-0.1, -0.05) is 46.0 Å². The van der Waals surface area contributed by atoms with Crippen LogP contribution in [0.2, 0.25) is 0 Å². The zero-order valence-electron chi connectivity index (χ0n) is 13.5. The molecule has 1 N–H and O–H groups in total. The third kappa shape index (κ3) is 4.74. The molecule has 0 bridgehead atoms. The number of aliphatic hydroxyl groups excluding tert-OH is 1. The number of likely N-dealkylation sites (N-methyl/N-ethyl adjacent to an activating group) is 2. The first kappa shape index (κ1) is 17.4. The molecule has 0 heterocycles. The van der Waals surface area contributed by atoms with E-state index >= 15 is 0 Å². The Hall–Kier alpha value is -0.610. The zero-order valence-corrected chi connectivity index (χ0v) is 13.5. The molecule has 4 heteroatoms. The lowest BCUT2D eigenvalue weighted by atomic mass is 9.95. The van der Waals surface area contributed by atoms with Crippen molar-refractivity contribution >= 4 is 5.91 Å². The van der Waals surface area contributed by atoms with E-state index in [4.69, 9.17) is 0 Å². The molecule has 4 nitrogen and oxygen atoms in total. The molecule has 118 valence electrons.